The van der Waals surface area contributed by atoms with E-state index in [1.54, 1.807) is 0 Å². The van der Waals surface area contributed by atoms with Gasteiger partial charge >= 0.3 is 6.03 Å². The third-order valence-corrected chi connectivity index (χ3v) is 3.70. The highest BCUT2D eigenvalue weighted by molar-refractivity contribution is 8.03. The molecule has 104 valence electrons. The van der Waals surface area contributed by atoms with Crippen molar-refractivity contribution in [2.75, 3.05) is 5.75 Å². The molecule has 0 bridgehead atoms. The van der Waals surface area contributed by atoms with E-state index in [1.807, 2.05) is 19.2 Å². The van der Waals surface area contributed by atoms with Crippen molar-refractivity contribution in [3.05, 3.63) is 0 Å². The quantitative estimate of drug-likeness (QED) is 0.436. The van der Waals surface area contributed by atoms with Crippen LogP contribution in [0.4, 0.5) is 4.79 Å². The number of thiocyanates is 1. The number of urea groups is 1. The summed E-state index contributed by atoms with van der Waals surface area (Å²) in [5.74, 6) is -0.386. The molecule has 1 aliphatic heterocycles. The Hall–Kier alpha value is -1.55. The fraction of sp³-hybridized carbons (Fsp3) is 0.667. The molecule has 0 aromatic heterocycles. The minimum absolute atomic E-state index is 0.253. The van der Waals surface area contributed by atoms with Gasteiger partial charge in [-0.3, -0.25) is 20.2 Å². The second-order valence-electron chi connectivity index (χ2n) is 4.94. The molecule has 1 saturated heterocycles. The first-order chi connectivity index (χ1) is 8.92. The lowest BCUT2D eigenvalue weighted by molar-refractivity contribution is -0.145. The number of barbiturate groups is 1. The van der Waals surface area contributed by atoms with E-state index in [-0.39, 0.29) is 6.42 Å². The molecule has 0 atom stereocenters. The zero-order valence-electron chi connectivity index (χ0n) is 11.0. The van der Waals surface area contributed by atoms with Gasteiger partial charge in [-0.05, 0) is 36.9 Å². The van der Waals surface area contributed by atoms with Crippen LogP contribution in [0.1, 0.15) is 33.1 Å². The fourth-order valence-electron chi connectivity index (χ4n) is 1.96. The van der Waals surface area contributed by atoms with Crippen LogP contribution < -0.4 is 10.6 Å². The molecule has 0 aromatic rings. The summed E-state index contributed by atoms with van der Waals surface area (Å²) in [4.78, 5) is 35.2. The van der Waals surface area contributed by atoms with Crippen molar-refractivity contribution in [1.82, 2.24) is 10.6 Å². The molecule has 6 nitrogen and oxygen atoms in total. The first-order valence-corrected chi connectivity index (χ1v) is 7.08. The summed E-state index contributed by atoms with van der Waals surface area (Å²) in [6.45, 7) is 4.00. The van der Waals surface area contributed by atoms with Crippen molar-refractivity contribution in [3.8, 4) is 5.40 Å². The van der Waals surface area contributed by atoms with Gasteiger partial charge in [0.15, 0.2) is 0 Å². The molecular weight excluding hydrogens is 266 g/mol. The maximum absolute atomic E-state index is 12.1. The SMILES string of the molecule is CC(C)CCC1(CCSC#N)C(=O)NC(=O)NC1=O. The fourth-order valence-corrected chi connectivity index (χ4v) is 2.51. The minimum Gasteiger partial charge on any atom is -0.277 e. The first-order valence-electron chi connectivity index (χ1n) is 6.10. The van der Waals surface area contributed by atoms with Gasteiger partial charge in [-0.1, -0.05) is 13.8 Å². The van der Waals surface area contributed by atoms with Gasteiger partial charge < -0.3 is 0 Å². The van der Waals surface area contributed by atoms with E-state index in [2.05, 4.69) is 10.6 Å². The maximum atomic E-state index is 12.1. The summed E-state index contributed by atoms with van der Waals surface area (Å²) in [6.07, 6.45) is 1.33. The van der Waals surface area contributed by atoms with Gasteiger partial charge in [0.25, 0.3) is 0 Å². The summed E-state index contributed by atoms with van der Waals surface area (Å²) in [5.41, 5.74) is -1.23. The number of thioether (sulfide) groups is 1. The standard InChI is InChI=1S/C12H17N3O3S/c1-8(2)3-4-12(5-6-19-7-13)9(16)14-11(18)15-10(12)17/h8H,3-6H2,1-2H3,(H2,14,15,16,17,18). The third kappa shape index (κ3) is 3.70. The van der Waals surface area contributed by atoms with Gasteiger partial charge in [0, 0.05) is 5.75 Å². The van der Waals surface area contributed by atoms with Crippen molar-refractivity contribution in [1.29, 1.82) is 5.26 Å². The van der Waals surface area contributed by atoms with Crippen LogP contribution in [0.5, 0.6) is 0 Å². The number of nitrogens with one attached hydrogen (secondary N) is 2. The van der Waals surface area contributed by atoms with E-state index in [0.717, 1.165) is 11.8 Å². The van der Waals surface area contributed by atoms with Crippen LogP contribution in [0.15, 0.2) is 0 Å². The Labute approximate surface area is 116 Å². The number of rotatable bonds is 6. The van der Waals surface area contributed by atoms with Gasteiger partial charge in [-0.25, -0.2) is 4.79 Å². The third-order valence-electron chi connectivity index (χ3n) is 3.17. The average molecular weight is 283 g/mol. The van der Waals surface area contributed by atoms with E-state index in [0.29, 0.717) is 24.5 Å². The number of amides is 4. The Morgan fingerprint density at radius 3 is 2.26 bits per heavy atom. The molecule has 1 aliphatic rings. The Morgan fingerprint density at radius 1 is 1.21 bits per heavy atom. The molecule has 4 amide bonds. The van der Waals surface area contributed by atoms with Crippen molar-refractivity contribution in [2.24, 2.45) is 11.3 Å². The average Bonchev–Trinajstić information content (AvgIpc) is 2.31. The number of carbonyl (C=O) groups is 3. The normalized spacial score (nSPS) is 17.9. The monoisotopic (exact) mass is 283 g/mol. The number of hydrogen-bond donors (Lipinski definition) is 2. The van der Waals surface area contributed by atoms with Gasteiger partial charge in [0.1, 0.15) is 10.8 Å². The van der Waals surface area contributed by atoms with Crippen LogP contribution >= 0.6 is 11.8 Å². The summed E-state index contributed by atoms with van der Waals surface area (Å²) in [7, 11) is 0. The highest BCUT2D eigenvalue weighted by Crippen LogP contribution is 2.33. The first kappa shape index (κ1) is 15.5. The lowest BCUT2D eigenvalue weighted by atomic mass is 9.76. The van der Waals surface area contributed by atoms with Crippen molar-refractivity contribution in [3.63, 3.8) is 0 Å². The number of hydrogen-bond acceptors (Lipinski definition) is 5. The molecule has 0 aromatic carbocycles. The smallest absolute Gasteiger partial charge is 0.277 e. The van der Waals surface area contributed by atoms with Gasteiger partial charge in [-0.15, -0.1) is 0 Å². The number of imide groups is 2. The molecule has 1 rings (SSSR count). The Morgan fingerprint density at radius 2 is 1.79 bits per heavy atom. The second kappa shape index (κ2) is 6.57. The molecule has 0 aliphatic carbocycles. The molecule has 0 spiro atoms. The Bertz CT molecular complexity index is 408. The topological polar surface area (TPSA) is 99.1 Å². The Balaban J connectivity index is 2.89. The van der Waals surface area contributed by atoms with E-state index < -0.39 is 23.3 Å². The van der Waals surface area contributed by atoms with E-state index in [1.165, 1.54) is 0 Å². The van der Waals surface area contributed by atoms with Crippen LogP contribution in [0, 0.1) is 22.0 Å². The molecule has 7 heteroatoms. The largest absolute Gasteiger partial charge is 0.328 e. The molecule has 0 unspecified atom stereocenters. The lowest BCUT2D eigenvalue weighted by Gasteiger charge is -2.34. The molecular formula is C12H17N3O3S. The minimum atomic E-state index is -1.23. The Kier molecular flexibility index (Phi) is 5.36. The van der Waals surface area contributed by atoms with E-state index in [4.69, 9.17) is 5.26 Å². The summed E-state index contributed by atoms with van der Waals surface area (Å²) < 4.78 is 0. The summed E-state index contributed by atoms with van der Waals surface area (Å²) in [6, 6.07) is -0.775. The number of nitriles is 1. The van der Waals surface area contributed by atoms with Crippen LogP contribution in [0.2, 0.25) is 0 Å². The molecule has 19 heavy (non-hydrogen) atoms. The molecule has 1 fully saturated rings. The second-order valence-corrected chi connectivity index (χ2v) is 5.82. The number of carbonyl (C=O) groups excluding carboxylic acids is 3. The summed E-state index contributed by atoms with van der Waals surface area (Å²) in [5, 5.41) is 14.7. The van der Waals surface area contributed by atoms with Crippen molar-refractivity contribution in [2.45, 2.75) is 33.1 Å². The van der Waals surface area contributed by atoms with Crippen LogP contribution in [-0.4, -0.2) is 23.6 Å². The maximum Gasteiger partial charge on any atom is 0.328 e. The zero-order chi connectivity index (χ0) is 14.5. The van der Waals surface area contributed by atoms with Crippen LogP contribution in [0.3, 0.4) is 0 Å². The van der Waals surface area contributed by atoms with Crippen molar-refractivity contribution >= 4 is 29.6 Å². The van der Waals surface area contributed by atoms with Gasteiger partial charge in [-0.2, -0.15) is 5.26 Å². The molecule has 2 N–H and O–H groups in total. The summed E-state index contributed by atoms with van der Waals surface area (Å²) >= 11 is 1.00. The lowest BCUT2D eigenvalue weighted by Crippen LogP contribution is -2.62. The zero-order valence-corrected chi connectivity index (χ0v) is 11.8. The molecule has 0 radical (unpaired) electrons. The van der Waals surface area contributed by atoms with E-state index in [9.17, 15) is 14.4 Å². The number of nitrogens with zero attached hydrogens (tertiary/aromatic N) is 1. The highest BCUT2D eigenvalue weighted by Gasteiger charge is 2.49. The van der Waals surface area contributed by atoms with Crippen LogP contribution in [0.25, 0.3) is 0 Å². The van der Waals surface area contributed by atoms with E-state index >= 15 is 0 Å². The van der Waals surface area contributed by atoms with Crippen LogP contribution in [-0.2, 0) is 9.59 Å². The molecule has 0 saturated carbocycles. The molecule has 1 heterocycles. The van der Waals surface area contributed by atoms with Crippen molar-refractivity contribution < 1.29 is 14.4 Å². The predicted molar refractivity (Wildman–Crippen MR) is 70.9 cm³/mol. The van der Waals surface area contributed by atoms with Gasteiger partial charge in [0.05, 0.1) is 0 Å². The highest BCUT2D eigenvalue weighted by atomic mass is 32.2. The predicted octanol–water partition coefficient (Wildman–Crippen LogP) is 1.38. The van der Waals surface area contributed by atoms with Gasteiger partial charge in [0.2, 0.25) is 11.8 Å².